The van der Waals surface area contributed by atoms with Crippen LogP contribution in [0.5, 0.6) is 34.5 Å². The van der Waals surface area contributed by atoms with Gasteiger partial charge in [0, 0.05) is 29.8 Å². The molecule has 4 aromatic carbocycles. The molecular formula is C38H25F5N4O5. The Labute approximate surface area is 292 Å². The summed E-state index contributed by atoms with van der Waals surface area (Å²) in [4.78, 5) is 20.6. The molecule has 0 saturated carbocycles. The summed E-state index contributed by atoms with van der Waals surface area (Å²) in [5.74, 6) is -4.03. The number of methoxy groups -OCH3 is 2. The second-order valence-electron chi connectivity index (χ2n) is 10.7. The number of aromatic nitrogens is 4. The van der Waals surface area contributed by atoms with Crippen molar-refractivity contribution in [2.45, 2.75) is 0 Å². The quantitative estimate of drug-likeness (QED) is 0.117. The Hall–Kier alpha value is -6.83. The van der Waals surface area contributed by atoms with Crippen LogP contribution < -0.4 is 18.9 Å². The molecule has 0 atom stereocenters. The number of para-hydroxylation sites is 2. The molecular weight excluding hydrogens is 687 g/mol. The zero-order valence-corrected chi connectivity index (χ0v) is 27.2. The molecule has 0 fully saturated rings. The second kappa shape index (κ2) is 15.4. The van der Waals surface area contributed by atoms with Crippen LogP contribution in [-0.2, 0) is 0 Å². The van der Waals surface area contributed by atoms with Gasteiger partial charge in [-0.15, -0.1) is 0 Å². The maximum absolute atomic E-state index is 14.3. The number of pyridine rings is 2. The van der Waals surface area contributed by atoms with Gasteiger partial charge in [0.25, 0.3) is 0 Å². The van der Waals surface area contributed by atoms with Crippen molar-refractivity contribution < 1.29 is 45.7 Å². The van der Waals surface area contributed by atoms with Gasteiger partial charge in [-0.25, -0.2) is 31.9 Å². The third-order valence-electron chi connectivity index (χ3n) is 7.36. The van der Waals surface area contributed by atoms with Gasteiger partial charge in [0.2, 0.25) is 5.78 Å². The van der Waals surface area contributed by atoms with Crippen LogP contribution in [0.15, 0.2) is 109 Å². The second-order valence-corrected chi connectivity index (χ2v) is 10.7. The Morgan fingerprint density at radius 1 is 0.615 bits per heavy atom. The number of carbonyl (C=O) groups is 1. The van der Waals surface area contributed by atoms with Gasteiger partial charge >= 0.3 is 0 Å². The average molecular weight is 713 g/mol. The largest absolute Gasteiger partial charge is 0.496 e. The van der Waals surface area contributed by atoms with E-state index in [1.165, 1.54) is 25.4 Å². The minimum absolute atomic E-state index is 0.0861. The molecule has 9 nitrogen and oxygen atoms in total. The zero-order chi connectivity index (χ0) is 36.8. The molecule has 262 valence electrons. The van der Waals surface area contributed by atoms with Gasteiger partial charge < -0.3 is 18.9 Å². The molecule has 0 amide bonds. The van der Waals surface area contributed by atoms with E-state index in [-0.39, 0.29) is 28.6 Å². The number of carbonyl (C=O) groups excluding carboxylic acids is 1. The van der Waals surface area contributed by atoms with Crippen molar-refractivity contribution in [3.05, 3.63) is 150 Å². The van der Waals surface area contributed by atoms with E-state index in [2.05, 4.69) is 20.2 Å². The van der Waals surface area contributed by atoms with Crippen molar-refractivity contribution in [2.24, 2.45) is 0 Å². The average Bonchev–Trinajstić information content (AvgIpc) is 3.57. The number of hydrogen-bond donors (Lipinski definition) is 1. The standard InChI is InChI=1S/C19H12F3NO3.C19H13F2N3O2/c1-25-16-5-3-2-4-13(16)19(24)18-15(22)9-12(10-23-18)26-17-7-6-11(20)8-14(17)21;1-25-16-5-3-2-4-13(16)18-19-15(23-24-18)9-12(10-22-19)26-17-7-6-11(20)8-14(17)21/h2-10H,1H3;2-10H,1H3,(H,23,24). The molecule has 0 bridgehead atoms. The summed E-state index contributed by atoms with van der Waals surface area (Å²) >= 11 is 0. The third kappa shape index (κ3) is 7.65. The molecule has 1 N–H and O–H groups in total. The predicted molar refractivity (Wildman–Crippen MR) is 179 cm³/mol. The first-order valence-electron chi connectivity index (χ1n) is 15.2. The van der Waals surface area contributed by atoms with E-state index in [4.69, 9.17) is 18.9 Å². The zero-order valence-electron chi connectivity index (χ0n) is 27.2. The van der Waals surface area contributed by atoms with Gasteiger partial charge in [0.15, 0.2) is 29.0 Å². The molecule has 0 aliphatic rings. The van der Waals surface area contributed by atoms with Gasteiger partial charge in [-0.1, -0.05) is 24.3 Å². The number of ether oxygens (including phenoxy) is 4. The molecule has 0 radical (unpaired) electrons. The molecule has 14 heteroatoms. The van der Waals surface area contributed by atoms with Crippen LogP contribution in [0.4, 0.5) is 22.0 Å². The lowest BCUT2D eigenvalue weighted by Crippen LogP contribution is -2.09. The van der Waals surface area contributed by atoms with E-state index < -0.39 is 40.6 Å². The van der Waals surface area contributed by atoms with Gasteiger partial charge in [-0.3, -0.25) is 9.89 Å². The number of halogens is 5. The fourth-order valence-electron chi connectivity index (χ4n) is 4.95. The summed E-state index contributed by atoms with van der Waals surface area (Å²) in [6.45, 7) is 0. The fraction of sp³-hybridized carbons (Fsp3) is 0.0526. The van der Waals surface area contributed by atoms with Crippen LogP contribution in [0.25, 0.3) is 22.3 Å². The predicted octanol–water partition coefficient (Wildman–Crippen LogP) is 9.23. The van der Waals surface area contributed by atoms with Crippen molar-refractivity contribution in [3.8, 4) is 45.8 Å². The fourth-order valence-corrected chi connectivity index (χ4v) is 4.95. The summed E-state index contributed by atoms with van der Waals surface area (Å²) in [5.41, 5.74) is 2.40. The van der Waals surface area contributed by atoms with Gasteiger partial charge in [-0.05, 0) is 48.5 Å². The van der Waals surface area contributed by atoms with E-state index in [1.54, 1.807) is 31.4 Å². The van der Waals surface area contributed by atoms with Crippen LogP contribution in [0.3, 0.4) is 0 Å². The first-order valence-corrected chi connectivity index (χ1v) is 15.2. The Kier molecular flexibility index (Phi) is 10.4. The number of aromatic amines is 1. The monoisotopic (exact) mass is 712 g/mol. The Morgan fingerprint density at radius 3 is 1.81 bits per heavy atom. The van der Waals surface area contributed by atoms with Gasteiger partial charge in [0.1, 0.15) is 51.5 Å². The lowest BCUT2D eigenvalue weighted by Gasteiger charge is -2.09. The van der Waals surface area contributed by atoms with Gasteiger partial charge in [-0.2, -0.15) is 5.10 Å². The lowest BCUT2D eigenvalue weighted by molar-refractivity contribution is 0.102. The highest BCUT2D eigenvalue weighted by atomic mass is 19.1. The van der Waals surface area contributed by atoms with Crippen LogP contribution in [0, 0.1) is 29.1 Å². The molecule has 0 unspecified atom stereocenters. The maximum atomic E-state index is 14.3. The van der Waals surface area contributed by atoms with Crippen LogP contribution in [0.2, 0.25) is 0 Å². The number of nitrogens with one attached hydrogen (secondary N) is 1. The molecule has 52 heavy (non-hydrogen) atoms. The maximum Gasteiger partial charge on any atom is 0.218 e. The first-order chi connectivity index (χ1) is 25.1. The topological polar surface area (TPSA) is 108 Å². The number of ketones is 1. The normalized spacial score (nSPS) is 10.7. The molecule has 7 rings (SSSR count). The van der Waals surface area contributed by atoms with Gasteiger partial charge in [0.05, 0.1) is 37.7 Å². The van der Waals surface area contributed by atoms with Crippen molar-refractivity contribution in [2.75, 3.05) is 14.2 Å². The highest BCUT2D eigenvalue weighted by Gasteiger charge is 2.21. The summed E-state index contributed by atoms with van der Waals surface area (Å²) in [7, 11) is 2.98. The number of nitrogens with zero attached hydrogens (tertiary/aromatic N) is 3. The summed E-state index contributed by atoms with van der Waals surface area (Å²) < 4.78 is 88.6. The summed E-state index contributed by atoms with van der Waals surface area (Å²) in [5, 5.41) is 7.19. The van der Waals surface area contributed by atoms with Crippen molar-refractivity contribution >= 4 is 16.8 Å². The molecule has 3 heterocycles. The summed E-state index contributed by atoms with van der Waals surface area (Å²) in [6.07, 6.45) is 2.54. The number of benzene rings is 4. The Morgan fingerprint density at radius 2 is 1.19 bits per heavy atom. The van der Waals surface area contributed by atoms with Crippen molar-refractivity contribution in [1.82, 2.24) is 20.2 Å². The van der Waals surface area contributed by atoms with Crippen molar-refractivity contribution in [3.63, 3.8) is 0 Å². The Bertz CT molecular complexity index is 2410. The molecule has 0 saturated heterocycles. The molecule has 3 aromatic heterocycles. The van der Waals surface area contributed by atoms with E-state index in [0.29, 0.717) is 34.3 Å². The summed E-state index contributed by atoms with van der Waals surface area (Å²) in [6, 6.07) is 22.2. The van der Waals surface area contributed by atoms with E-state index in [0.717, 1.165) is 42.1 Å². The molecule has 7 aromatic rings. The minimum atomic E-state index is -0.945. The van der Waals surface area contributed by atoms with Crippen LogP contribution >= 0.6 is 0 Å². The number of hydrogen-bond acceptors (Lipinski definition) is 8. The first kappa shape index (κ1) is 35.0. The highest BCUT2D eigenvalue weighted by molar-refractivity contribution is 6.09. The minimum Gasteiger partial charge on any atom is -0.496 e. The molecule has 0 aliphatic heterocycles. The van der Waals surface area contributed by atoms with E-state index in [1.807, 2.05) is 24.3 Å². The molecule has 0 spiro atoms. The van der Waals surface area contributed by atoms with Crippen molar-refractivity contribution in [1.29, 1.82) is 0 Å². The number of rotatable bonds is 9. The van der Waals surface area contributed by atoms with E-state index >= 15 is 0 Å². The molecule has 0 aliphatic carbocycles. The third-order valence-corrected chi connectivity index (χ3v) is 7.36. The Balaban J connectivity index is 0.000000179. The van der Waals surface area contributed by atoms with Crippen LogP contribution in [-0.4, -0.2) is 40.2 Å². The SMILES string of the molecule is COc1ccccc1-c1n[nH]c2cc(Oc3ccc(F)cc3F)cnc12.COc1ccccc1C(=O)c1ncc(Oc2ccc(F)cc2F)cc1F. The highest BCUT2D eigenvalue weighted by Crippen LogP contribution is 2.34. The number of H-pyrrole nitrogens is 1. The van der Waals surface area contributed by atoms with Crippen LogP contribution in [0.1, 0.15) is 16.1 Å². The van der Waals surface area contributed by atoms with E-state index in [9.17, 15) is 26.7 Å². The number of fused-ring (bicyclic) bond motifs is 1. The smallest absolute Gasteiger partial charge is 0.218 e. The lowest BCUT2D eigenvalue weighted by atomic mass is 10.1.